The highest BCUT2D eigenvalue weighted by Crippen LogP contribution is 2.31. The van der Waals surface area contributed by atoms with Crippen LogP contribution in [0.15, 0.2) is 72.8 Å². The van der Waals surface area contributed by atoms with Crippen LogP contribution in [-0.2, 0) is 13.0 Å². The molecule has 0 aliphatic heterocycles. The third-order valence-electron chi connectivity index (χ3n) is 4.18. The second kappa shape index (κ2) is 8.27. The summed E-state index contributed by atoms with van der Waals surface area (Å²) >= 11 is 0. The minimum absolute atomic E-state index is 0.0520. The lowest BCUT2D eigenvalue weighted by atomic mass is 10.0. The normalized spacial score (nSPS) is 10.5. The third kappa shape index (κ3) is 4.26. The second-order valence-corrected chi connectivity index (χ2v) is 6.00. The molecule has 132 valence electrons. The van der Waals surface area contributed by atoms with Crippen molar-refractivity contribution in [3.05, 3.63) is 94.0 Å². The summed E-state index contributed by atoms with van der Waals surface area (Å²) in [6.45, 7) is 0.600. The molecule has 5 heteroatoms. The molecule has 0 aliphatic rings. The summed E-state index contributed by atoms with van der Waals surface area (Å²) in [4.78, 5) is 11.0. The van der Waals surface area contributed by atoms with Gasteiger partial charge in [-0.2, -0.15) is 0 Å². The van der Waals surface area contributed by atoms with Gasteiger partial charge in [0.2, 0.25) is 0 Å². The summed E-state index contributed by atoms with van der Waals surface area (Å²) in [6.07, 6.45) is 0.583. The molecular weight excluding hydrogens is 328 g/mol. The SMILES string of the molecule is O=[N+]([O-])c1ccc(-c2cccc(CCO)c2)cc1NCc1ccccc1. The van der Waals surface area contributed by atoms with Crippen LogP contribution in [-0.4, -0.2) is 16.6 Å². The van der Waals surface area contributed by atoms with Gasteiger partial charge in [0.05, 0.1) is 4.92 Å². The highest BCUT2D eigenvalue weighted by atomic mass is 16.6. The average molecular weight is 348 g/mol. The van der Waals surface area contributed by atoms with Gasteiger partial charge in [-0.05, 0) is 40.8 Å². The molecule has 0 atom stereocenters. The van der Waals surface area contributed by atoms with Gasteiger partial charge in [-0.1, -0.05) is 54.6 Å². The molecule has 2 N–H and O–H groups in total. The second-order valence-electron chi connectivity index (χ2n) is 6.00. The Morgan fingerprint density at radius 2 is 1.62 bits per heavy atom. The van der Waals surface area contributed by atoms with Crippen molar-refractivity contribution >= 4 is 11.4 Å². The maximum Gasteiger partial charge on any atom is 0.292 e. The molecule has 26 heavy (non-hydrogen) atoms. The van der Waals surface area contributed by atoms with Crippen LogP contribution in [0.25, 0.3) is 11.1 Å². The smallest absolute Gasteiger partial charge is 0.292 e. The van der Waals surface area contributed by atoms with Crippen molar-refractivity contribution in [2.45, 2.75) is 13.0 Å². The van der Waals surface area contributed by atoms with Crippen molar-refractivity contribution < 1.29 is 10.0 Å². The van der Waals surface area contributed by atoms with Gasteiger partial charge in [-0.25, -0.2) is 0 Å². The molecular formula is C21H20N2O3. The van der Waals surface area contributed by atoms with Crippen LogP contribution in [0, 0.1) is 10.1 Å². The number of hydrogen-bond acceptors (Lipinski definition) is 4. The molecule has 0 spiro atoms. The van der Waals surface area contributed by atoms with E-state index in [1.807, 2.05) is 54.6 Å². The maximum absolute atomic E-state index is 11.4. The molecule has 0 fully saturated rings. The van der Waals surface area contributed by atoms with Gasteiger partial charge in [0.15, 0.2) is 0 Å². The van der Waals surface area contributed by atoms with Crippen molar-refractivity contribution in [2.24, 2.45) is 0 Å². The van der Waals surface area contributed by atoms with E-state index in [-0.39, 0.29) is 17.2 Å². The Morgan fingerprint density at radius 1 is 0.885 bits per heavy atom. The van der Waals surface area contributed by atoms with Crippen LogP contribution in [0.2, 0.25) is 0 Å². The first kappa shape index (κ1) is 17.6. The molecule has 0 unspecified atom stereocenters. The zero-order valence-electron chi connectivity index (χ0n) is 14.3. The lowest BCUT2D eigenvalue weighted by Gasteiger charge is -2.10. The van der Waals surface area contributed by atoms with Crippen molar-refractivity contribution in [3.63, 3.8) is 0 Å². The van der Waals surface area contributed by atoms with Gasteiger partial charge in [-0.15, -0.1) is 0 Å². The zero-order chi connectivity index (χ0) is 18.4. The number of nitro groups is 1. The predicted molar refractivity (Wildman–Crippen MR) is 103 cm³/mol. The average Bonchev–Trinajstić information content (AvgIpc) is 2.67. The Balaban J connectivity index is 1.91. The van der Waals surface area contributed by atoms with Crippen LogP contribution in [0.3, 0.4) is 0 Å². The minimum Gasteiger partial charge on any atom is -0.396 e. The largest absolute Gasteiger partial charge is 0.396 e. The molecule has 0 saturated carbocycles. The number of nitro benzene ring substituents is 1. The Hall–Kier alpha value is -3.18. The number of aliphatic hydroxyl groups excluding tert-OH is 1. The third-order valence-corrected chi connectivity index (χ3v) is 4.18. The fourth-order valence-corrected chi connectivity index (χ4v) is 2.85. The van der Waals surface area contributed by atoms with E-state index in [1.54, 1.807) is 12.1 Å². The highest BCUT2D eigenvalue weighted by Gasteiger charge is 2.15. The number of rotatable bonds is 7. The lowest BCUT2D eigenvalue weighted by Crippen LogP contribution is -2.03. The van der Waals surface area contributed by atoms with E-state index in [4.69, 9.17) is 5.11 Å². The molecule has 3 aromatic carbocycles. The van der Waals surface area contributed by atoms with Gasteiger partial charge in [-0.3, -0.25) is 10.1 Å². The van der Waals surface area contributed by atoms with E-state index in [1.165, 1.54) is 6.07 Å². The van der Waals surface area contributed by atoms with Gasteiger partial charge in [0, 0.05) is 19.2 Å². The summed E-state index contributed by atoms with van der Waals surface area (Å²) in [6, 6.07) is 22.7. The van der Waals surface area contributed by atoms with E-state index in [2.05, 4.69) is 5.32 Å². The number of benzene rings is 3. The number of nitrogens with zero attached hydrogens (tertiary/aromatic N) is 1. The number of anilines is 1. The van der Waals surface area contributed by atoms with E-state index in [0.29, 0.717) is 18.7 Å². The molecule has 3 aromatic rings. The molecule has 0 saturated heterocycles. The molecule has 3 rings (SSSR count). The molecule has 0 aromatic heterocycles. The molecule has 0 amide bonds. The number of hydrogen-bond donors (Lipinski definition) is 2. The van der Waals surface area contributed by atoms with Gasteiger partial charge in [0.25, 0.3) is 5.69 Å². The fraction of sp³-hybridized carbons (Fsp3) is 0.143. The molecule has 0 radical (unpaired) electrons. The van der Waals surface area contributed by atoms with Gasteiger partial charge in [0.1, 0.15) is 5.69 Å². The van der Waals surface area contributed by atoms with Crippen LogP contribution in [0.4, 0.5) is 11.4 Å². The van der Waals surface area contributed by atoms with E-state index >= 15 is 0 Å². The Bertz CT molecular complexity index is 895. The zero-order valence-corrected chi connectivity index (χ0v) is 14.3. The quantitative estimate of drug-likeness (QED) is 0.490. The standard InChI is InChI=1S/C21H20N2O3/c24-12-11-16-7-4-8-18(13-16)19-9-10-21(23(25)26)20(14-19)22-15-17-5-2-1-3-6-17/h1-10,13-14,22,24H,11-12,15H2. The molecule has 0 bridgehead atoms. The van der Waals surface area contributed by atoms with E-state index in [9.17, 15) is 10.1 Å². The summed E-state index contributed by atoms with van der Waals surface area (Å²) in [5.41, 5.74) is 4.49. The summed E-state index contributed by atoms with van der Waals surface area (Å²) in [7, 11) is 0. The van der Waals surface area contributed by atoms with Crippen molar-refractivity contribution in [1.29, 1.82) is 0 Å². The topological polar surface area (TPSA) is 75.4 Å². The summed E-state index contributed by atoms with van der Waals surface area (Å²) in [5, 5.41) is 23.7. The monoisotopic (exact) mass is 348 g/mol. The predicted octanol–water partition coefficient (Wildman–Crippen LogP) is 4.41. The van der Waals surface area contributed by atoms with Gasteiger partial charge < -0.3 is 10.4 Å². The molecule has 0 heterocycles. The van der Waals surface area contributed by atoms with Crippen LogP contribution in [0.1, 0.15) is 11.1 Å². The first-order chi connectivity index (χ1) is 12.7. The van der Waals surface area contributed by atoms with Crippen LogP contribution in [0.5, 0.6) is 0 Å². The van der Waals surface area contributed by atoms with E-state index in [0.717, 1.165) is 22.3 Å². The van der Waals surface area contributed by atoms with Crippen molar-refractivity contribution in [2.75, 3.05) is 11.9 Å². The van der Waals surface area contributed by atoms with Crippen molar-refractivity contribution in [3.8, 4) is 11.1 Å². The molecule has 5 nitrogen and oxygen atoms in total. The van der Waals surface area contributed by atoms with Crippen LogP contribution >= 0.6 is 0 Å². The first-order valence-corrected chi connectivity index (χ1v) is 8.44. The Morgan fingerprint density at radius 3 is 2.35 bits per heavy atom. The molecule has 0 aliphatic carbocycles. The Labute approximate surface area is 152 Å². The number of nitrogens with one attached hydrogen (secondary N) is 1. The maximum atomic E-state index is 11.4. The first-order valence-electron chi connectivity index (χ1n) is 8.44. The van der Waals surface area contributed by atoms with Crippen molar-refractivity contribution in [1.82, 2.24) is 0 Å². The minimum atomic E-state index is -0.376. The lowest BCUT2D eigenvalue weighted by molar-refractivity contribution is -0.384. The Kier molecular flexibility index (Phi) is 5.61. The van der Waals surface area contributed by atoms with Gasteiger partial charge >= 0.3 is 0 Å². The highest BCUT2D eigenvalue weighted by molar-refractivity contribution is 5.74. The fourth-order valence-electron chi connectivity index (χ4n) is 2.85. The van der Waals surface area contributed by atoms with E-state index < -0.39 is 0 Å². The summed E-state index contributed by atoms with van der Waals surface area (Å²) < 4.78 is 0. The number of aliphatic hydroxyl groups is 1. The summed E-state index contributed by atoms with van der Waals surface area (Å²) in [5.74, 6) is 0. The van der Waals surface area contributed by atoms with Crippen LogP contribution < -0.4 is 5.32 Å².